The molecule has 0 spiro atoms. The predicted octanol–water partition coefficient (Wildman–Crippen LogP) is 4.93. The van der Waals surface area contributed by atoms with Crippen molar-refractivity contribution in [2.24, 2.45) is 11.3 Å². The average molecular weight is 503 g/mol. The van der Waals surface area contributed by atoms with Crippen LogP contribution < -0.4 is 10.1 Å². The van der Waals surface area contributed by atoms with Gasteiger partial charge in [-0.1, -0.05) is 60.5 Å². The van der Waals surface area contributed by atoms with Crippen molar-refractivity contribution in [3.63, 3.8) is 0 Å². The van der Waals surface area contributed by atoms with Crippen molar-refractivity contribution in [3.8, 4) is 11.3 Å². The van der Waals surface area contributed by atoms with E-state index in [9.17, 15) is 14.9 Å². The smallest absolute Gasteiger partial charge is 0.291 e. The van der Waals surface area contributed by atoms with Crippen LogP contribution in [0.4, 0.5) is 5.69 Å². The molecule has 168 valence electrons. The van der Waals surface area contributed by atoms with E-state index in [2.05, 4.69) is 23.9 Å². The minimum absolute atomic E-state index is 0.0261. The SMILES string of the molecule is CC1(C)[C@@H](C=C(Cl)Cl)[C@@H]1c1nc2s/c(=C/c3ccc(-c4ccccc4[N+](=O)[O-])o3)c(=O)n2n1. The van der Waals surface area contributed by atoms with Crippen LogP contribution in [0.5, 0.6) is 0 Å². The number of benzene rings is 1. The lowest BCUT2D eigenvalue weighted by molar-refractivity contribution is -0.384. The zero-order valence-electron chi connectivity index (χ0n) is 17.4. The van der Waals surface area contributed by atoms with Crippen LogP contribution in [0.3, 0.4) is 0 Å². The van der Waals surface area contributed by atoms with Gasteiger partial charge in [-0.3, -0.25) is 14.9 Å². The Morgan fingerprint density at radius 3 is 2.73 bits per heavy atom. The van der Waals surface area contributed by atoms with Crippen LogP contribution in [0, 0.1) is 21.4 Å². The molecule has 0 bridgehead atoms. The number of thiazole rings is 1. The summed E-state index contributed by atoms with van der Waals surface area (Å²) in [6.07, 6.45) is 3.37. The first kappa shape index (κ1) is 21.8. The molecule has 1 saturated carbocycles. The van der Waals surface area contributed by atoms with Crippen molar-refractivity contribution in [3.05, 3.63) is 83.6 Å². The molecule has 4 aromatic rings. The van der Waals surface area contributed by atoms with Crippen molar-refractivity contribution >= 4 is 51.3 Å². The first-order valence-corrected chi connectivity index (χ1v) is 11.5. The van der Waals surface area contributed by atoms with Crippen LogP contribution in [0.2, 0.25) is 0 Å². The third-order valence-corrected chi connectivity index (χ3v) is 7.17. The van der Waals surface area contributed by atoms with E-state index in [1.54, 1.807) is 42.5 Å². The Hall–Kier alpha value is -3.01. The molecule has 0 aliphatic heterocycles. The summed E-state index contributed by atoms with van der Waals surface area (Å²) in [5.41, 5.74) is -0.0991. The maximum Gasteiger partial charge on any atom is 0.291 e. The van der Waals surface area contributed by atoms with Crippen LogP contribution in [0.1, 0.15) is 31.4 Å². The summed E-state index contributed by atoms with van der Waals surface area (Å²) < 4.78 is 7.66. The standard InChI is InChI=1S/C22H16Cl2N4O4S/c1-22(2)13(10-17(23)24)18(22)19-25-21-27(26-19)20(29)16(33-21)9-11-7-8-15(32-11)12-5-3-4-6-14(12)28(30)31/h3-10,13,18H,1-2H3/b16-9+/t13-,18+/m0/s1. The summed E-state index contributed by atoms with van der Waals surface area (Å²) in [4.78, 5) is 28.8. The Kier molecular flexibility index (Phi) is 5.15. The largest absolute Gasteiger partial charge is 0.456 e. The van der Waals surface area contributed by atoms with Crippen molar-refractivity contribution < 1.29 is 9.34 Å². The molecule has 2 atom stereocenters. The van der Waals surface area contributed by atoms with Gasteiger partial charge in [0.25, 0.3) is 11.2 Å². The fourth-order valence-corrected chi connectivity index (χ4v) is 5.31. The highest BCUT2D eigenvalue weighted by Gasteiger charge is 2.59. The zero-order valence-corrected chi connectivity index (χ0v) is 19.7. The molecule has 0 radical (unpaired) electrons. The van der Waals surface area contributed by atoms with Gasteiger partial charge in [0, 0.05) is 18.1 Å². The number of fused-ring (bicyclic) bond motifs is 1. The third kappa shape index (κ3) is 3.76. The molecule has 0 amide bonds. The van der Waals surface area contributed by atoms with E-state index >= 15 is 0 Å². The summed E-state index contributed by atoms with van der Waals surface area (Å²) in [6, 6.07) is 9.62. The number of hydrogen-bond acceptors (Lipinski definition) is 7. The fourth-order valence-electron chi connectivity index (χ4n) is 4.14. The van der Waals surface area contributed by atoms with E-state index in [1.807, 2.05) is 0 Å². The number of para-hydroxylation sites is 1. The molecule has 0 unspecified atom stereocenters. The highest BCUT2D eigenvalue weighted by Crippen LogP contribution is 2.64. The van der Waals surface area contributed by atoms with Gasteiger partial charge >= 0.3 is 0 Å². The lowest BCUT2D eigenvalue weighted by atomic mass is 10.1. The lowest BCUT2D eigenvalue weighted by Gasteiger charge is -1.98. The average Bonchev–Trinajstić information content (AvgIpc) is 3.21. The number of allylic oxidation sites excluding steroid dienone is 1. The van der Waals surface area contributed by atoms with Crippen LogP contribution >= 0.6 is 34.5 Å². The van der Waals surface area contributed by atoms with Crippen molar-refractivity contribution in [2.75, 3.05) is 0 Å². The summed E-state index contributed by atoms with van der Waals surface area (Å²) in [5, 5.41) is 15.7. The van der Waals surface area contributed by atoms with Crippen LogP contribution in [-0.2, 0) is 0 Å². The molecule has 0 saturated heterocycles. The number of hydrogen-bond donors (Lipinski definition) is 0. The predicted molar refractivity (Wildman–Crippen MR) is 127 cm³/mol. The monoisotopic (exact) mass is 502 g/mol. The second-order valence-electron chi connectivity index (χ2n) is 8.34. The Balaban J connectivity index is 1.48. The summed E-state index contributed by atoms with van der Waals surface area (Å²) in [5.74, 6) is 1.45. The second-order valence-corrected chi connectivity index (χ2v) is 10.4. The number of furan rings is 1. The molecule has 5 rings (SSSR count). The van der Waals surface area contributed by atoms with Gasteiger partial charge in [0.1, 0.15) is 20.5 Å². The molecular weight excluding hydrogens is 487 g/mol. The molecule has 3 aromatic heterocycles. The Bertz CT molecular complexity index is 1550. The van der Waals surface area contributed by atoms with Gasteiger partial charge in [0.2, 0.25) is 4.96 Å². The van der Waals surface area contributed by atoms with Gasteiger partial charge in [-0.05, 0) is 35.6 Å². The minimum atomic E-state index is -0.461. The van der Waals surface area contributed by atoms with Gasteiger partial charge in [-0.25, -0.2) is 4.98 Å². The number of nitro benzene ring substituents is 1. The van der Waals surface area contributed by atoms with E-state index in [0.29, 0.717) is 32.4 Å². The highest BCUT2D eigenvalue weighted by atomic mass is 35.5. The molecule has 33 heavy (non-hydrogen) atoms. The van der Waals surface area contributed by atoms with Gasteiger partial charge in [0.05, 0.1) is 10.5 Å². The maximum absolute atomic E-state index is 12.9. The lowest BCUT2D eigenvalue weighted by Crippen LogP contribution is -2.23. The van der Waals surface area contributed by atoms with E-state index in [0.717, 1.165) is 0 Å². The quantitative estimate of drug-likeness (QED) is 0.283. The van der Waals surface area contributed by atoms with E-state index < -0.39 is 4.92 Å². The maximum atomic E-state index is 12.9. The molecule has 8 nitrogen and oxygen atoms in total. The minimum Gasteiger partial charge on any atom is -0.456 e. The van der Waals surface area contributed by atoms with Crippen molar-refractivity contribution in [1.29, 1.82) is 0 Å². The molecule has 1 aromatic carbocycles. The van der Waals surface area contributed by atoms with Crippen LogP contribution in [0.25, 0.3) is 22.4 Å². The van der Waals surface area contributed by atoms with Gasteiger partial charge < -0.3 is 4.42 Å². The van der Waals surface area contributed by atoms with Crippen molar-refractivity contribution in [1.82, 2.24) is 14.6 Å². The number of rotatable bonds is 5. The Labute approximate surface area is 200 Å². The number of halogens is 2. The Morgan fingerprint density at radius 1 is 1.27 bits per heavy atom. The normalized spacial score (nSPS) is 19.7. The van der Waals surface area contributed by atoms with Crippen LogP contribution in [0.15, 0.2) is 56.2 Å². The van der Waals surface area contributed by atoms with Gasteiger partial charge in [-0.2, -0.15) is 4.52 Å². The second kappa shape index (κ2) is 7.79. The van der Waals surface area contributed by atoms with Crippen molar-refractivity contribution in [2.45, 2.75) is 19.8 Å². The molecule has 3 heterocycles. The first-order valence-electron chi connectivity index (χ1n) is 9.94. The molecule has 11 heteroatoms. The fraction of sp³-hybridized carbons (Fsp3) is 0.227. The third-order valence-electron chi connectivity index (χ3n) is 5.96. The molecule has 1 aliphatic carbocycles. The number of aromatic nitrogens is 3. The molecular formula is C22H16Cl2N4O4S. The molecule has 1 fully saturated rings. The topological polar surface area (TPSA) is 104 Å². The summed E-state index contributed by atoms with van der Waals surface area (Å²) >= 11 is 12.8. The zero-order chi connectivity index (χ0) is 23.5. The summed E-state index contributed by atoms with van der Waals surface area (Å²) in [7, 11) is 0. The van der Waals surface area contributed by atoms with Crippen LogP contribution in [-0.4, -0.2) is 19.5 Å². The summed E-state index contributed by atoms with van der Waals surface area (Å²) in [6.45, 7) is 4.15. The molecule has 0 N–H and O–H groups in total. The number of nitro groups is 1. The van der Waals surface area contributed by atoms with E-state index in [4.69, 9.17) is 27.6 Å². The molecule has 1 aliphatic rings. The van der Waals surface area contributed by atoms with E-state index in [1.165, 1.54) is 21.9 Å². The Morgan fingerprint density at radius 2 is 2.03 bits per heavy atom. The van der Waals surface area contributed by atoms with Gasteiger partial charge in [-0.15, -0.1) is 5.10 Å². The first-order chi connectivity index (χ1) is 15.7. The number of nitrogens with zero attached hydrogens (tertiary/aromatic N) is 4. The highest BCUT2D eigenvalue weighted by molar-refractivity contribution is 7.15. The van der Waals surface area contributed by atoms with E-state index in [-0.39, 0.29) is 33.0 Å². The van der Waals surface area contributed by atoms with Gasteiger partial charge in [0.15, 0.2) is 5.82 Å².